The van der Waals surface area contributed by atoms with Gasteiger partial charge in [-0.3, -0.25) is 0 Å². The lowest BCUT2D eigenvalue weighted by Gasteiger charge is -2.33. The van der Waals surface area contributed by atoms with Crippen LogP contribution in [0.5, 0.6) is 0 Å². The fourth-order valence-corrected chi connectivity index (χ4v) is 2.78. The van der Waals surface area contributed by atoms with Gasteiger partial charge in [0.15, 0.2) is 11.7 Å². The van der Waals surface area contributed by atoms with E-state index in [9.17, 15) is 18.0 Å². The average molecular weight is 339 g/mol. The molecular weight excluding hydrogens is 323 g/mol. The van der Waals surface area contributed by atoms with Crippen molar-refractivity contribution in [3.8, 4) is 0 Å². The van der Waals surface area contributed by atoms with Gasteiger partial charge in [-0.1, -0.05) is 30.3 Å². The number of ether oxygens (including phenoxy) is 1. The Morgan fingerprint density at radius 1 is 1.38 bits per heavy atom. The van der Waals surface area contributed by atoms with Crippen molar-refractivity contribution >= 4 is 11.8 Å². The third-order valence-electron chi connectivity index (χ3n) is 3.88. The Morgan fingerprint density at radius 3 is 2.71 bits per heavy atom. The van der Waals surface area contributed by atoms with Crippen LogP contribution in [0.15, 0.2) is 36.4 Å². The second-order valence-electron chi connectivity index (χ2n) is 5.48. The van der Waals surface area contributed by atoms with Gasteiger partial charge in [0, 0.05) is 12.5 Å². The molecule has 0 bridgehead atoms. The number of aromatic nitrogens is 2. The molecule has 0 aliphatic carbocycles. The first-order chi connectivity index (χ1) is 11.4. The number of nitrogens with zero attached hydrogens (tertiary/aromatic N) is 2. The van der Waals surface area contributed by atoms with Crippen molar-refractivity contribution in [2.45, 2.75) is 31.6 Å². The Morgan fingerprint density at radius 2 is 2.08 bits per heavy atom. The summed E-state index contributed by atoms with van der Waals surface area (Å²) in [7, 11) is 0. The number of halogens is 3. The van der Waals surface area contributed by atoms with Crippen molar-refractivity contribution < 1.29 is 22.7 Å². The molecule has 5 nitrogen and oxygen atoms in total. The molecule has 2 heterocycles. The van der Waals surface area contributed by atoms with E-state index < -0.39 is 24.2 Å². The van der Waals surface area contributed by atoms with Crippen LogP contribution in [0.2, 0.25) is 0 Å². The molecule has 0 radical (unpaired) electrons. The van der Waals surface area contributed by atoms with Crippen molar-refractivity contribution in [1.29, 1.82) is 0 Å². The molecule has 2 atom stereocenters. The molecule has 2 aromatic rings. The highest BCUT2D eigenvalue weighted by atomic mass is 19.4. The van der Waals surface area contributed by atoms with E-state index in [0.29, 0.717) is 0 Å². The number of rotatable bonds is 3. The number of hydrogen-bond acceptors (Lipinski definition) is 4. The summed E-state index contributed by atoms with van der Waals surface area (Å²) in [6, 6.07) is 7.86. The molecular formula is C16H16F3N3O2. The van der Waals surface area contributed by atoms with Crippen molar-refractivity contribution in [2.75, 3.05) is 11.9 Å². The lowest BCUT2D eigenvalue weighted by atomic mass is 9.97. The van der Waals surface area contributed by atoms with Gasteiger partial charge in [-0.25, -0.2) is 9.48 Å². The Balaban J connectivity index is 1.98. The van der Waals surface area contributed by atoms with Crippen molar-refractivity contribution in [2.24, 2.45) is 0 Å². The summed E-state index contributed by atoms with van der Waals surface area (Å²) < 4.78 is 46.0. The quantitative estimate of drug-likeness (QED) is 0.866. The van der Waals surface area contributed by atoms with E-state index >= 15 is 0 Å². The highest BCUT2D eigenvalue weighted by Crippen LogP contribution is 2.43. The van der Waals surface area contributed by atoms with Gasteiger partial charge in [0.1, 0.15) is 5.82 Å². The number of fused-ring (bicyclic) bond motifs is 1. The van der Waals surface area contributed by atoms with E-state index in [1.807, 2.05) is 0 Å². The van der Waals surface area contributed by atoms with Gasteiger partial charge in [-0.05, 0) is 12.5 Å². The smallest absolute Gasteiger partial charge is 0.410 e. The van der Waals surface area contributed by atoms with Crippen molar-refractivity contribution in [1.82, 2.24) is 9.78 Å². The van der Waals surface area contributed by atoms with Gasteiger partial charge in [-0.2, -0.15) is 18.3 Å². The molecule has 0 saturated carbocycles. The summed E-state index contributed by atoms with van der Waals surface area (Å²) in [5, 5.41) is 6.83. The lowest BCUT2D eigenvalue weighted by Crippen LogP contribution is -2.35. The zero-order valence-corrected chi connectivity index (χ0v) is 12.9. The summed E-state index contributed by atoms with van der Waals surface area (Å²) in [6.45, 7) is 1.75. The fourth-order valence-electron chi connectivity index (χ4n) is 2.78. The molecule has 0 saturated heterocycles. The minimum absolute atomic E-state index is 0.129. The van der Waals surface area contributed by atoms with Crippen LogP contribution in [0.25, 0.3) is 0 Å². The van der Waals surface area contributed by atoms with Crippen LogP contribution >= 0.6 is 0 Å². The van der Waals surface area contributed by atoms with Gasteiger partial charge in [0.05, 0.1) is 12.6 Å². The third-order valence-corrected chi connectivity index (χ3v) is 3.88. The number of esters is 1. The van der Waals surface area contributed by atoms with E-state index in [4.69, 9.17) is 4.74 Å². The topological polar surface area (TPSA) is 56.2 Å². The predicted molar refractivity (Wildman–Crippen MR) is 80.7 cm³/mol. The minimum atomic E-state index is -4.47. The molecule has 1 aromatic carbocycles. The summed E-state index contributed by atoms with van der Waals surface area (Å²) >= 11 is 0. The molecule has 1 N–H and O–H groups in total. The summed E-state index contributed by atoms with van der Waals surface area (Å²) in [6.07, 6.45) is -4.67. The maximum Gasteiger partial charge on any atom is 0.410 e. The molecule has 128 valence electrons. The standard InChI is InChI=1S/C16H16F3N3O2/c1-2-24-15(23)12-9-14-20-11(10-6-4-3-5-7-10)8-13(16(17,18)19)22(14)21-12/h3-7,9,11,13,20H,2,8H2,1H3/t11-,13-/m0/s1. The molecule has 3 rings (SSSR count). The normalized spacial score (nSPS) is 20.2. The predicted octanol–water partition coefficient (Wildman–Crippen LogP) is 3.72. The second kappa shape index (κ2) is 6.18. The molecule has 0 spiro atoms. The van der Waals surface area contributed by atoms with Gasteiger partial charge < -0.3 is 10.1 Å². The molecule has 0 amide bonds. The van der Waals surface area contributed by atoms with Crippen LogP contribution in [0.1, 0.15) is 41.5 Å². The number of alkyl halides is 3. The third kappa shape index (κ3) is 3.08. The second-order valence-corrected chi connectivity index (χ2v) is 5.48. The summed E-state index contributed by atoms with van der Waals surface area (Å²) in [5.41, 5.74) is 0.610. The van der Waals surface area contributed by atoms with Crippen LogP contribution < -0.4 is 5.32 Å². The number of benzene rings is 1. The largest absolute Gasteiger partial charge is 0.461 e. The first-order valence-corrected chi connectivity index (χ1v) is 7.55. The van der Waals surface area contributed by atoms with Crippen molar-refractivity contribution in [3.63, 3.8) is 0 Å². The van der Waals surface area contributed by atoms with Crippen molar-refractivity contribution in [3.05, 3.63) is 47.7 Å². The van der Waals surface area contributed by atoms with Gasteiger partial charge in [0.2, 0.25) is 0 Å². The Hall–Kier alpha value is -2.51. The zero-order valence-electron chi connectivity index (χ0n) is 12.9. The fraction of sp³-hybridized carbons (Fsp3) is 0.375. The van der Waals surface area contributed by atoms with Gasteiger partial charge in [-0.15, -0.1) is 0 Å². The van der Waals surface area contributed by atoms with Crippen LogP contribution in [0, 0.1) is 0 Å². The molecule has 24 heavy (non-hydrogen) atoms. The Kier molecular flexibility index (Phi) is 4.21. The molecule has 1 aromatic heterocycles. The highest BCUT2D eigenvalue weighted by Gasteiger charge is 2.46. The number of hydrogen-bond donors (Lipinski definition) is 1. The monoisotopic (exact) mass is 339 g/mol. The summed E-state index contributed by atoms with van der Waals surface area (Å²) in [5.74, 6) is -0.584. The molecule has 1 aliphatic heterocycles. The maximum absolute atomic E-state index is 13.5. The molecule has 1 aliphatic rings. The van der Waals surface area contributed by atoms with Crippen LogP contribution in [-0.4, -0.2) is 28.5 Å². The molecule has 0 unspecified atom stereocenters. The number of nitrogens with one attached hydrogen (secondary N) is 1. The van der Waals surface area contributed by atoms with Crippen LogP contribution in [-0.2, 0) is 4.74 Å². The molecule has 8 heteroatoms. The maximum atomic E-state index is 13.5. The average Bonchev–Trinajstić information content (AvgIpc) is 2.98. The SMILES string of the molecule is CCOC(=O)c1cc2n(n1)[C@H](C(F)(F)F)C[C@@H](c1ccccc1)N2. The van der Waals surface area contributed by atoms with Crippen LogP contribution in [0.4, 0.5) is 19.0 Å². The van der Waals surface area contributed by atoms with Crippen LogP contribution in [0.3, 0.4) is 0 Å². The summed E-state index contributed by atoms with van der Waals surface area (Å²) in [4.78, 5) is 11.8. The Labute approximate surface area is 136 Å². The molecule has 0 fully saturated rings. The number of anilines is 1. The minimum Gasteiger partial charge on any atom is -0.461 e. The highest BCUT2D eigenvalue weighted by molar-refractivity contribution is 5.88. The van der Waals surface area contributed by atoms with Gasteiger partial charge in [0.25, 0.3) is 0 Å². The van der Waals surface area contributed by atoms with Gasteiger partial charge >= 0.3 is 12.1 Å². The van der Waals surface area contributed by atoms with E-state index in [1.54, 1.807) is 37.3 Å². The van der Waals surface area contributed by atoms with E-state index in [2.05, 4.69) is 10.4 Å². The van der Waals surface area contributed by atoms with E-state index in [-0.39, 0.29) is 24.5 Å². The zero-order chi connectivity index (χ0) is 17.3. The first kappa shape index (κ1) is 16.4. The van der Waals surface area contributed by atoms with E-state index in [1.165, 1.54) is 6.07 Å². The van der Waals surface area contributed by atoms with E-state index in [0.717, 1.165) is 10.2 Å². The Bertz CT molecular complexity index is 728. The first-order valence-electron chi connectivity index (χ1n) is 7.55. The lowest BCUT2D eigenvalue weighted by molar-refractivity contribution is -0.173. The number of carbonyl (C=O) groups is 1. The number of carbonyl (C=O) groups excluding carboxylic acids is 1.